The number of hydrogen-bond acceptors (Lipinski definition) is 4. The molecule has 2 aromatic heterocycles. The molecule has 328 valence electrons. The Bertz CT molecular complexity index is 4000. The predicted molar refractivity (Wildman–Crippen MR) is 294 cm³/mol. The first-order valence-electron chi connectivity index (χ1n) is 23.8. The second-order valence-corrected chi connectivity index (χ2v) is 18.0. The molecule has 0 N–H and O–H groups in total. The number of furan rings is 2. The average molecular weight is 895 g/mol. The van der Waals surface area contributed by atoms with Crippen LogP contribution in [0.15, 0.2) is 264 Å². The van der Waals surface area contributed by atoms with Crippen LogP contribution < -0.4 is 9.80 Å². The van der Waals surface area contributed by atoms with Gasteiger partial charge in [-0.05, 0) is 127 Å². The van der Waals surface area contributed by atoms with Crippen molar-refractivity contribution in [1.29, 1.82) is 0 Å². The molecule has 0 unspecified atom stereocenters. The van der Waals surface area contributed by atoms with E-state index in [4.69, 9.17) is 8.83 Å². The third-order valence-electron chi connectivity index (χ3n) is 14.0. The van der Waals surface area contributed by atoms with Crippen LogP contribution in [0.4, 0.5) is 34.1 Å². The van der Waals surface area contributed by atoms with Gasteiger partial charge in [0.05, 0.1) is 0 Å². The molecule has 0 fully saturated rings. The number of benzene rings is 12. The third-order valence-corrected chi connectivity index (χ3v) is 14.0. The zero-order chi connectivity index (χ0) is 46.1. The summed E-state index contributed by atoms with van der Waals surface area (Å²) in [5.74, 6) is 0. The first-order valence-corrected chi connectivity index (χ1v) is 23.8. The van der Waals surface area contributed by atoms with Crippen molar-refractivity contribution < 1.29 is 8.83 Å². The van der Waals surface area contributed by atoms with Crippen molar-refractivity contribution in [3.8, 4) is 22.3 Å². The number of nitrogens with zero attached hydrogens (tertiary/aromatic N) is 2. The van der Waals surface area contributed by atoms with Crippen molar-refractivity contribution in [2.75, 3.05) is 9.80 Å². The van der Waals surface area contributed by atoms with E-state index in [1.54, 1.807) is 0 Å². The van der Waals surface area contributed by atoms with Crippen LogP contribution in [0.1, 0.15) is 0 Å². The Morgan fingerprint density at radius 2 is 0.586 bits per heavy atom. The molecular formula is C66H42N2O2. The number of para-hydroxylation sites is 2. The van der Waals surface area contributed by atoms with E-state index in [2.05, 4.69) is 265 Å². The van der Waals surface area contributed by atoms with Crippen LogP contribution in [0, 0.1) is 0 Å². The summed E-state index contributed by atoms with van der Waals surface area (Å²) in [6, 6.07) is 90.9. The molecule has 4 heteroatoms. The molecule has 0 saturated carbocycles. The lowest BCUT2D eigenvalue weighted by Gasteiger charge is -2.25. The number of rotatable bonds is 8. The van der Waals surface area contributed by atoms with Gasteiger partial charge < -0.3 is 18.6 Å². The quantitative estimate of drug-likeness (QED) is 0.152. The Hall–Kier alpha value is -9.38. The normalized spacial score (nSPS) is 11.7. The number of hydrogen-bond donors (Lipinski definition) is 0. The van der Waals surface area contributed by atoms with E-state index in [0.717, 1.165) is 88.8 Å². The molecule has 0 amide bonds. The summed E-state index contributed by atoms with van der Waals surface area (Å²) < 4.78 is 14.1. The highest BCUT2D eigenvalue weighted by atomic mass is 16.4. The summed E-state index contributed by atoms with van der Waals surface area (Å²) in [6.45, 7) is 0. The lowest BCUT2D eigenvalue weighted by molar-refractivity contribution is 0.633. The van der Waals surface area contributed by atoms with Gasteiger partial charge in [-0.2, -0.15) is 0 Å². The van der Waals surface area contributed by atoms with Crippen molar-refractivity contribution in [2.24, 2.45) is 0 Å². The van der Waals surface area contributed by atoms with Crippen LogP contribution in [0.3, 0.4) is 0 Å². The lowest BCUT2D eigenvalue weighted by atomic mass is 9.98. The van der Waals surface area contributed by atoms with Crippen LogP contribution in [-0.2, 0) is 0 Å². The molecule has 0 aliphatic rings. The van der Waals surface area contributed by atoms with Crippen molar-refractivity contribution in [3.05, 3.63) is 255 Å². The highest BCUT2D eigenvalue weighted by Crippen LogP contribution is 2.48. The summed E-state index contributed by atoms with van der Waals surface area (Å²) >= 11 is 0. The van der Waals surface area contributed by atoms with Crippen LogP contribution in [0.5, 0.6) is 0 Å². The summed E-state index contributed by atoms with van der Waals surface area (Å²) in [4.78, 5) is 4.59. The SMILES string of the molecule is c1ccc(N(c2ccc(-c3cccc4ccccc34)cc2)c2ccc3c(c2)oc2c4oc5cc(N(c6ccccc6)c6ccc(-c7cccc8ccccc78)cc6)ccc5c4c4ccccc4c32)cc1. The van der Waals surface area contributed by atoms with Gasteiger partial charge in [0.2, 0.25) is 0 Å². The molecule has 0 bridgehead atoms. The Kier molecular flexibility index (Phi) is 9.17. The summed E-state index contributed by atoms with van der Waals surface area (Å²) in [7, 11) is 0. The van der Waals surface area contributed by atoms with Crippen LogP contribution in [0.2, 0.25) is 0 Å². The zero-order valence-corrected chi connectivity index (χ0v) is 38.0. The zero-order valence-electron chi connectivity index (χ0n) is 38.0. The third kappa shape index (κ3) is 6.46. The van der Waals surface area contributed by atoms with Gasteiger partial charge in [-0.1, -0.05) is 170 Å². The Labute approximate surface area is 404 Å². The van der Waals surface area contributed by atoms with E-state index >= 15 is 0 Å². The van der Waals surface area contributed by atoms with Gasteiger partial charge >= 0.3 is 0 Å². The van der Waals surface area contributed by atoms with E-state index in [1.165, 1.54) is 43.8 Å². The molecule has 2 heterocycles. The molecule has 0 radical (unpaired) electrons. The largest absolute Gasteiger partial charge is 0.452 e. The molecule has 0 atom stereocenters. The molecule has 4 nitrogen and oxygen atoms in total. The molecule has 12 aromatic carbocycles. The molecule has 14 aromatic rings. The smallest absolute Gasteiger partial charge is 0.179 e. The maximum absolute atomic E-state index is 7.04. The highest BCUT2D eigenvalue weighted by molar-refractivity contribution is 6.33. The second kappa shape index (κ2) is 16.2. The van der Waals surface area contributed by atoms with Crippen molar-refractivity contribution in [2.45, 2.75) is 0 Å². The topological polar surface area (TPSA) is 32.8 Å². The minimum atomic E-state index is 0.744. The van der Waals surface area contributed by atoms with Crippen molar-refractivity contribution in [3.63, 3.8) is 0 Å². The fourth-order valence-electron chi connectivity index (χ4n) is 10.8. The first-order chi connectivity index (χ1) is 34.7. The Morgan fingerprint density at radius 1 is 0.243 bits per heavy atom. The molecule has 0 aliphatic carbocycles. The second-order valence-electron chi connectivity index (χ2n) is 18.0. The monoisotopic (exact) mass is 894 g/mol. The predicted octanol–water partition coefficient (Wildman–Crippen LogP) is 19.2. The van der Waals surface area contributed by atoms with E-state index in [-0.39, 0.29) is 0 Å². The van der Waals surface area contributed by atoms with Gasteiger partial charge in [0.1, 0.15) is 11.2 Å². The number of anilines is 6. The van der Waals surface area contributed by atoms with Gasteiger partial charge in [0, 0.05) is 67.8 Å². The van der Waals surface area contributed by atoms with Crippen molar-refractivity contribution in [1.82, 2.24) is 0 Å². The van der Waals surface area contributed by atoms with E-state index in [1.807, 2.05) is 0 Å². The summed E-state index contributed by atoms with van der Waals surface area (Å²) in [5.41, 5.74) is 14.1. The maximum atomic E-state index is 7.04. The lowest BCUT2D eigenvalue weighted by Crippen LogP contribution is -2.09. The van der Waals surface area contributed by atoms with Crippen molar-refractivity contribution >= 4 is 110 Å². The van der Waals surface area contributed by atoms with Gasteiger partial charge in [-0.3, -0.25) is 0 Å². The van der Waals surface area contributed by atoms with Gasteiger partial charge in [0.15, 0.2) is 11.2 Å². The van der Waals surface area contributed by atoms with Crippen LogP contribution >= 0.6 is 0 Å². The minimum absolute atomic E-state index is 0.744. The maximum Gasteiger partial charge on any atom is 0.179 e. The molecule has 14 rings (SSSR count). The Balaban J connectivity index is 0.892. The molecular weight excluding hydrogens is 853 g/mol. The fraction of sp³-hybridized carbons (Fsp3) is 0. The minimum Gasteiger partial charge on any atom is -0.452 e. The van der Waals surface area contributed by atoms with Crippen LogP contribution in [0.25, 0.3) is 98.4 Å². The van der Waals surface area contributed by atoms with Gasteiger partial charge in [-0.15, -0.1) is 0 Å². The highest BCUT2D eigenvalue weighted by Gasteiger charge is 2.24. The fourth-order valence-corrected chi connectivity index (χ4v) is 10.8. The Morgan fingerprint density at radius 3 is 1.01 bits per heavy atom. The molecule has 0 spiro atoms. The summed E-state index contributed by atoms with van der Waals surface area (Å²) in [6.07, 6.45) is 0. The standard InChI is InChI=1S/C66H42N2O2/c1-3-19-47(20-4-1)67(49-33-29-45(30-34-49)55-27-13-17-43-15-7-9-23-53(43)55)51-37-39-59-61(41-51)69-65-63(59)57-25-11-12-26-58(57)64-60-40-38-52(42-62(60)70-66(64)65)68(48-21-5-2-6-22-48)50-35-31-46(32-36-50)56-28-14-18-44-16-8-10-24-54(44)56/h1-42H. The average Bonchev–Trinajstić information content (AvgIpc) is 4.01. The summed E-state index contributed by atoms with van der Waals surface area (Å²) in [5, 5.41) is 11.4. The molecule has 70 heavy (non-hydrogen) atoms. The van der Waals surface area contributed by atoms with Crippen LogP contribution in [-0.4, -0.2) is 0 Å². The van der Waals surface area contributed by atoms with Gasteiger partial charge in [-0.25, -0.2) is 0 Å². The number of fused-ring (bicyclic) bond motifs is 12. The van der Waals surface area contributed by atoms with E-state index in [0.29, 0.717) is 0 Å². The van der Waals surface area contributed by atoms with Gasteiger partial charge in [0.25, 0.3) is 0 Å². The first kappa shape index (κ1) is 39.8. The van der Waals surface area contributed by atoms with E-state index in [9.17, 15) is 0 Å². The van der Waals surface area contributed by atoms with E-state index < -0.39 is 0 Å². The molecule has 0 saturated heterocycles. The molecule has 0 aliphatic heterocycles.